The molecule has 19 heavy (non-hydrogen) atoms. The monoisotopic (exact) mass is 277 g/mol. The Labute approximate surface area is 121 Å². The van der Waals surface area contributed by atoms with Crippen LogP contribution in [0.2, 0.25) is 0 Å². The topological polar surface area (TPSA) is 35.2 Å². The second-order valence-electron chi connectivity index (χ2n) is 4.30. The molecule has 0 saturated heterocycles. The molecule has 104 valence electrons. The van der Waals surface area contributed by atoms with E-state index in [4.69, 9.17) is 10.5 Å². The van der Waals surface area contributed by atoms with Gasteiger partial charge < -0.3 is 10.5 Å². The van der Waals surface area contributed by atoms with Crippen molar-refractivity contribution < 1.29 is 4.74 Å². The summed E-state index contributed by atoms with van der Waals surface area (Å²) in [5.74, 6) is 9.03. The molecular formula is C16H23NOS. The summed E-state index contributed by atoms with van der Waals surface area (Å²) in [6, 6.07) is 6.20. The molecule has 0 amide bonds. The van der Waals surface area contributed by atoms with Gasteiger partial charge in [-0.1, -0.05) is 37.7 Å². The maximum Gasteiger partial charge on any atom is 0.134 e. The standard InChI is InChI=1S/C16H23NOS/c1-3-4-5-11-19-13-14-8-9-16(18-2)15(12-14)7-6-10-17/h8-9,12H,3-5,10-11,13,17H2,1-2H3. The van der Waals surface area contributed by atoms with Gasteiger partial charge >= 0.3 is 0 Å². The van der Waals surface area contributed by atoms with Gasteiger partial charge in [-0.25, -0.2) is 0 Å². The summed E-state index contributed by atoms with van der Waals surface area (Å²) in [4.78, 5) is 0. The van der Waals surface area contributed by atoms with Crippen LogP contribution >= 0.6 is 11.8 Å². The van der Waals surface area contributed by atoms with Crippen LogP contribution < -0.4 is 10.5 Å². The molecule has 0 aliphatic rings. The lowest BCUT2D eigenvalue weighted by molar-refractivity contribution is 0.413. The van der Waals surface area contributed by atoms with Gasteiger partial charge in [0.05, 0.1) is 19.2 Å². The van der Waals surface area contributed by atoms with Crippen LogP contribution in [0.3, 0.4) is 0 Å². The average Bonchev–Trinajstić information content (AvgIpc) is 2.45. The molecule has 1 aromatic carbocycles. The first-order chi connectivity index (χ1) is 9.31. The highest BCUT2D eigenvalue weighted by Gasteiger charge is 2.02. The maximum absolute atomic E-state index is 5.41. The lowest BCUT2D eigenvalue weighted by Crippen LogP contribution is -1.95. The number of benzene rings is 1. The van der Waals surface area contributed by atoms with E-state index in [0.717, 1.165) is 17.1 Å². The molecule has 0 atom stereocenters. The predicted molar refractivity (Wildman–Crippen MR) is 84.6 cm³/mol. The molecule has 0 aromatic heterocycles. The summed E-state index contributed by atoms with van der Waals surface area (Å²) in [7, 11) is 1.67. The van der Waals surface area contributed by atoms with Gasteiger partial charge in [0.15, 0.2) is 0 Å². The van der Waals surface area contributed by atoms with E-state index in [1.54, 1.807) is 7.11 Å². The molecule has 0 bridgehead atoms. The van der Waals surface area contributed by atoms with Crippen LogP contribution in [-0.4, -0.2) is 19.4 Å². The highest BCUT2D eigenvalue weighted by Crippen LogP contribution is 2.22. The van der Waals surface area contributed by atoms with Gasteiger partial charge in [-0.2, -0.15) is 11.8 Å². The molecule has 0 radical (unpaired) electrons. The van der Waals surface area contributed by atoms with Crippen molar-refractivity contribution in [3.05, 3.63) is 29.3 Å². The molecule has 2 nitrogen and oxygen atoms in total. The average molecular weight is 277 g/mol. The van der Waals surface area contributed by atoms with E-state index in [1.165, 1.54) is 30.6 Å². The van der Waals surface area contributed by atoms with Crippen LogP contribution in [0.25, 0.3) is 0 Å². The van der Waals surface area contributed by atoms with Crippen LogP contribution in [0, 0.1) is 11.8 Å². The number of nitrogens with two attached hydrogens (primary N) is 1. The zero-order chi connectivity index (χ0) is 13.9. The first kappa shape index (κ1) is 15.9. The Hall–Kier alpha value is -1.11. The van der Waals surface area contributed by atoms with Crippen LogP contribution in [0.5, 0.6) is 5.75 Å². The van der Waals surface area contributed by atoms with Gasteiger partial charge in [0.1, 0.15) is 5.75 Å². The van der Waals surface area contributed by atoms with Crippen molar-refractivity contribution in [2.24, 2.45) is 5.73 Å². The van der Waals surface area contributed by atoms with Crippen LogP contribution in [0.1, 0.15) is 37.3 Å². The molecule has 0 heterocycles. The molecule has 0 spiro atoms. The fourth-order valence-corrected chi connectivity index (χ4v) is 2.70. The molecule has 3 heteroatoms. The quantitative estimate of drug-likeness (QED) is 0.612. The fourth-order valence-electron chi connectivity index (χ4n) is 1.73. The highest BCUT2D eigenvalue weighted by atomic mass is 32.2. The third-order valence-electron chi connectivity index (χ3n) is 2.75. The summed E-state index contributed by atoms with van der Waals surface area (Å²) in [5.41, 5.74) is 7.64. The zero-order valence-electron chi connectivity index (χ0n) is 11.9. The number of hydrogen-bond donors (Lipinski definition) is 1. The number of ether oxygens (including phenoxy) is 1. The van der Waals surface area contributed by atoms with E-state index >= 15 is 0 Å². The zero-order valence-corrected chi connectivity index (χ0v) is 12.7. The maximum atomic E-state index is 5.41. The van der Waals surface area contributed by atoms with Crippen molar-refractivity contribution in [3.8, 4) is 17.6 Å². The molecule has 0 unspecified atom stereocenters. The molecule has 0 fully saturated rings. The predicted octanol–water partition coefficient (Wildman–Crippen LogP) is 3.43. The molecule has 2 N–H and O–H groups in total. The Bertz CT molecular complexity index is 434. The van der Waals surface area contributed by atoms with Crippen molar-refractivity contribution in [2.45, 2.75) is 31.9 Å². The Morgan fingerprint density at radius 3 is 2.84 bits per heavy atom. The van der Waals surface area contributed by atoms with Gasteiger partial charge in [0.25, 0.3) is 0 Å². The summed E-state index contributed by atoms with van der Waals surface area (Å²) < 4.78 is 5.30. The van der Waals surface area contributed by atoms with Crippen molar-refractivity contribution in [1.82, 2.24) is 0 Å². The molecular weight excluding hydrogens is 254 g/mol. The van der Waals surface area contributed by atoms with E-state index < -0.39 is 0 Å². The van der Waals surface area contributed by atoms with Gasteiger partial charge in [-0.15, -0.1) is 0 Å². The lowest BCUT2D eigenvalue weighted by atomic mass is 10.1. The molecule has 0 saturated carbocycles. The minimum absolute atomic E-state index is 0.374. The first-order valence-electron chi connectivity index (χ1n) is 6.75. The number of hydrogen-bond acceptors (Lipinski definition) is 3. The third kappa shape index (κ3) is 6.04. The minimum atomic E-state index is 0.374. The first-order valence-corrected chi connectivity index (χ1v) is 7.90. The SMILES string of the molecule is CCCCCSCc1ccc(OC)c(C#CCN)c1. The number of unbranched alkanes of at least 4 members (excludes halogenated alkanes) is 2. The summed E-state index contributed by atoms with van der Waals surface area (Å²) >= 11 is 1.98. The second kappa shape index (κ2) is 9.77. The van der Waals surface area contributed by atoms with Crippen molar-refractivity contribution in [2.75, 3.05) is 19.4 Å². The van der Waals surface area contributed by atoms with Gasteiger partial charge in [0.2, 0.25) is 0 Å². The van der Waals surface area contributed by atoms with E-state index in [-0.39, 0.29) is 0 Å². The van der Waals surface area contributed by atoms with Gasteiger partial charge in [-0.3, -0.25) is 0 Å². The third-order valence-corrected chi connectivity index (χ3v) is 3.86. The van der Waals surface area contributed by atoms with E-state index in [2.05, 4.69) is 30.9 Å². The Balaban J connectivity index is 2.59. The summed E-state index contributed by atoms with van der Waals surface area (Å²) in [6.07, 6.45) is 3.90. The van der Waals surface area contributed by atoms with Gasteiger partial charge in [0, 0.05) is 5.75 Å². The number of rotatable bonds is 7. The van der Waals surface area contributed by atoms with E-state index in [1.807, 2.05) is 17.8 Å². The highest BCUT2D eigenvalue weighted by molar-refractivity contribution is 7.98. The Kier molecular flexibility index (Phi) is 8.20. The lowest BCUT2D eigenvalue weighted by Gasteiger charge is -2.07. The Morgan fingerprint density at radius 2 is 2.16 bits per heavy atom. The number of methoxy groups -OCH3 is 1. The molecule has 1 rings (SSSR count). The second-order valence-corrected chi connectivity index (χ2v) is 5.41. The van der Waals surface area contributed by atoms with Crippen LogP contribution in [0.15, 0.2) is 18.2 Å². The van der Waals surface area contributed by atoms with Crippen LogP contribution in [0.4, 0.5) is 0 Å². The van der Waals surface area contributed by atoms with Crippen LogP contribution in [-0.2, 0) is 5.75 Å². The molecule has 0 aliphatic carbocycles. The fraction of sp³-hybridized carbons (Fsp3) is 0.500. The summed E-state index contributed by atoms with van der Waals surface area (Å²) in [6.45, 7) is 2.61. The van der Waals surface area contributed by atoms with Crippen molar-refractivity contribution in [1.29, 1.82) is 0 Å². The minimum Gasteiger partial charge on any atom is -0.495 e. The molecule has 1 aromatic rings. The number of thioether (sulfide) groups is 1. The largest absolute Gasteiger partial charge is 0.495 e. The van der Waals surface area contributed by atoms with E-state index in [0.29, 0.717) is 6.54 Å². The van der Waals surface area contributed by atoms with E-state index in [9.17, 15) is 0 Å². The smallest absolute Gasteiger partial charge is 0.134 e. The Morgan fingerprint density at radius 1 is 1.32 bits per heavy atom. The van der Waals surface area contributed by atoms with Crippen molar-refractivity contribution in [3.63, 3.8) is 0 Å². The van der Waals surface area contributed by atoms with Crippen molar-refractivity contribution >= 4 is 11.8 Å². The molecule has 0 aliphatic heterocycles. The summed E-state index contributed by atoms with van der Waals surface area (Å²) in [5, 5.41) is 0. The normalized spacial score (nSPS) is 9.84. The van der Waals surface area contributed by atoms with Gasteiger partial charge in [-0.05, 0) is 29.9 Å².